The van der Waals surface area contributed by atoms with Crippen LogP contribution in [0, 0.1) is 22.7 Å². The van der Waals surface area contributed by atoms with Crippen LogP contribution in [0.25, 0.3) is 116 Å². The highest BCUT2D eigenvalue weighted by Gasteiger charge is 2.20. The zero-order valence-corrected chi connectivity index (χ0v) is 35.8. The molecule has 0 atom stereocenters. The molecule has 0 saturated carbocycles. The first-order valence-electron chi connectivity index (χ1n) is 22.2. The number of para-hydroxylation sites is 4. The number of benzene rings is 9. The smallest absolute Gasteiger partial charge is 0.160 e. The molecule has 0 unspecified atom stereocenters. The van der Waals surface area contributed by atoms with E-state index >= 15 is 0 Å². The third kappa shape index (κ3) is 6.04. The molecule has 0 bridgehead atoms. The van der Waals surface area contributed by atoms with E-state index in [1.54, 1.807) is 0 Å². The molecule has 0 aliphatic rings. The predicted molar refractivity (Wildman–Crippen MR) is 271 cm³/mol. The number of hydrogen-bond acceptors (Lipinski definition) is 4. The average molecular weight is 854 g/mol. The molecule has 9 aromatic carbocycles. The van der Waals surface area contributed by atoms with Crippen molar-refractivity contribution in [1.82, 2.24) is 23.7 Å². The van der Waals surface area contributed by atoms with Crippen LogP contribution in [0.3, 0.4) is 0 Å². The van der Waals surface area contributed by atoms with Crippen LogP contribution in [0.2, 0.25) is 0 Å². The molecule has 0 aliphatic carbocycles. The van der Waals surface area contributed by atoms with Gasteiger partial charge in [0, 0.05) is 66.1 Å². The molecule has 67 heavy (non-hydrogen) atoms. The summed E-state index contributed by atoms with van der Waals surface area (Å²) >= 11 is 0. The van der Waals surface area contributed by atoms with Crippen molar-refractivity contribution >= 4 is 65.4 Å². The molecule has 4 aromatic heterocycles. The van der Waals surface area contributed by atoms with Crippen molar-refractivity contribution in [3.63, 3.8) is 0 Å². The molecular weight excluding hydrogens is 819 g/mol. The molecule has 7 heteroatoms. The highest BCUT2D eigenvalue weighted by Crippen LogP contribution is 2.39. The van der Waals surface area contributed by atoms with E-state index in [4.69, 9.17) is 9.97 Å². The Balaban J connectivity index is 1.03. The monoisotopic (exact) mass is 853 g/mol. The van der Waals surface area contributed by atoms with Gasteiger partial charge in [-0.2, -0.15) is 10.5 Å². The molecule has 0 saturated heterocycles. The van der Waals surface area contributed by atoms with Crippen LogP contribution in [0.1, 0.15) is 11.1 Å². The maximum Gasteiger partial charge on any atom is 0.160 e. The van der Waals surface area contributed by atoms with Gasteiger partial charge in [-0.3, -0.25) is 0 Å². The zero-order valence-electron chi connectivity index (χ0n) is 35.8. The molecule has 13 aromatic rings. The Morgan fingerprint density at radius 1 is 0.299 bits per heavy atom. The lowest BCUT2D eigenvalue weighted by atomic mass is 10.0. The minimum absolute atomic E-state index is 0.570. The molecule has 13 rings (SSSR count). The second-order valence-electron chi connectivity index (χ2n) is 16.9. The Morgan fingerprint density at radius 3 is 1.16 bits per heavy atom. The second-order valence-corrected chi connectivity index (χ2v) is 16.9. The fourth-order valence-electron chi connectivity index (χ4n) is 10.1. The molecule has 0 radical (unpaired) electrons. The molecule has 4 heterocycles. The lowest BCUT2D eigenvalue weighted by molar-refractivity contribution is 1.13. The Labute approximate surface area is 384 Å². The molecule has 0 fully saturated rings. The summed E-state index contributed by atoms with van der Waals surface area (Å²) in [5.74, 6) is 0.627. The van der Waals surface area contributed by atoms with Gasteiger partial charge >= 0.3 is 0 Å². The maximum absolute atomic E-state index is 9.76. The van der Waals surface area contributed by atoms with Gasteiger partial charge in [0.15, 0.2) is 5.82 Å². The molecular formula is C60H35N7. The van der Waals surface area contributed by atoms with E-state index < -0.39 is 0 Å². The fraction of sp³-hybridized carbons (Fsp3) is 0. The highest BCUT2D eigenvalue weighted by molar-refractivity contribution is 6.12. The largest absolute Gasteiger partial charge is 0.309 e. The molecule has 0 N–H and O–H groups in total. The van der Waals surface area contributed by atoms with Crippen molar-refractivity contribution in [3.8, 4) is 63.1 Å². The Hall–Kier alpha value is -9.56. The van der Waals surface area contributed by atoms with Gasteiger partial charge in [0.25, 0.3) is 0 Å². The van der Waals surface area contributed by atoms with Crippen molar-refractivity contribution < 1.29 is 0 Å². The zero-order chi connectivity index (χ0) is 44.6. The number of hydrogen-bond donors (Lipinski definition) is 0. The van der Waals surface area contributed by atoms with Crippen LogP contribution in [-0.4, -0.2) is 23.7 Å². The van der Waals surface area contributed by atoms with Gasteiger partial charge < -0.3 is 13.7 Å². The summed E-state index contributed by atoms with van der Waals surface area (Å²) in [7, 11) is 0. The number of fused-ring (bicyclic) bond motifs is 9. The van der Waals surface area contributed by atoms with Gasteiger partial charge in [-0.05, 0) is 97.1 Å². The van der Waals surface area contributed by atoms with Crippen molar-refractivity contribution in [3.05, 3.63) is 223 Å². The van der Waals surface area contributed by atoms with Crippen LogP contribution in [-0.2, 0) is 0 Å². The van der Waals surface area contributed by atoms with Gasteiger partial charge in [0.1, 0.15) is 0 Å². The van der Waals surface area contributed by atoms with E-state index in [1.807, 2.05) is 54.6 Å². The van der Waals surface area contributed by atoms with Crippen molar-refractivity contribution in [1.29, 1.82) is 10.5 Å². The van der Waals surface area contributed by atoms with Crippen molar-refractivity contribution in [2.24, 2.45) is 0 Å². The summed E-state index contributed by atoms with van der Waals surface area (Å²) in [5, 5.41) is 26.1. The van der Waals surface area contributed by atoms with E-state index in [0.717, 1.165) is 89.0 Å². The SMILES string of the molecule is N#Cc1ccc2c(c1)c1cc(C#N)ccc1n2-c1ccc(-c2cc(-c3cc(-n4c5ccccc5c5ccccc54)cc(-n4c5ccccc5c5ccccc54)c3)nc(-c3ccccc3)n2)cc1. The van der Waals surface area contributed by atoms with E-state index in [-0.39, 0.29) is 0 Å². The molecule has 0 amide bonds. The Kier molecular flexibility index (Phi) is 8.51. The minimum Gasteiger partial charge on any atom is -0.309 e. The highest BCUT2D eigenvalue weighted by atomic mass is 15.0. The first-order chi connectivity index (χ1) is 33.1. The molecule has 0 aliphatic heterocycles. The van der Waals surface area contributed by atoms with Gasteiger partial charge in [0.2, 0.25) is 0 Å². The standard InChI is InChI=1S/C60H35N7/c61-36-38-22-28-58-50(30-38)51-31-39(37-62)23-29-59(51)65(58)43-26-24-40(25-27-43)52-35-53(64-60(63-52)41-12-2-1-3-13-41)42-32-44(66-54-18-8-4-14-46(54)47-15-5-9-19-55(47)66)34-45(33-42)67-56-20-10-6-16-48(56)49-17-7-11-21-57(49)67/h1-35H. The van der Waals surface area contributed by atoms with Gasteiger partial charge in [-0.25, -0.2) is 9.97 Å². The quantitative estimate of drug-likeness (QED) is 0.167. The van der Waals surface area contributed by atoms with Crippen molar-refractivity contribution in [2.45, 2.75) is 0 Å². The van der Waals surface area contributed by atoms with Crippen LogP contribution in [0.15, 0.2) is 212 Å². The summed E-state index contributed by atoms with van der Waals surface area (Å²) < 4.78 is 6.94. The summed E-state index contributed by atoms with van der Waals surface area (Å²) in [4.78, 5) is 10.6. The first kappa shape index (κ1) is 37.9. The van der Waals surface area contributed by atoms with Crippen molar-refractivity contribution in [2.75, 3.05) is 0 Å². The van der Waals surface area contributed by atoms with Gasteiger partial charge in [0.05, 0.1) is 67.8 Å². The third-order valence-corrected chi connectivity index (χ3v) is 13.1. The lowest BCUT2D eigenvalue weighted by Gasteiger charge is -2.16. The summed E-state index contributed by atoms with van der Waals surface area (Å²) in [6.45, 7) is 0. The van der Waals surface area contributed by atoms with Crippen LogP contribution in [0.5, 0.6) is 0 Å². The van der Waals surface area contributed by atoms with E-state index in [1.165, 1.54) is 21.5 Å². The number of rotatable bonds is 6. The fourth-order valence-corrected chi connectivity index (χ4v) is 10.1. The van der Waals surface area contributed by atoms with Crippen LogP contribution < -0.4 is 0 Å². The lowest BCUT2D eigenvalue weighted by Crippen LogP contribution is -2.01. The van der Waals surface area contributed by atoms with E-state index in [9.17, 15) is 10.5 Å². The molecule has 310 valence electrons. The Bertz CT molecular complexity index is 3920. The average Bonchev–Trinajstić information content (AvgIpc) is 4.04. The number of nitriles is 2. The van der Waals surface area contributed by atoms with E-state index in [2.05, 4.69) is 184 Å². The summed E-state index contributed by atoms with van der Waals surface area (Å²) in [6.07, 6.45) is 0. The Morgan fingerprint density at radius 2 is 0.701 bits per heavy atom. The third-order valence-electron chi connectivity index (χ3n) is 13.1. The normalized spacial score (nSPS) is 11.6. The maximum atomic E-state index is 9.76. The molecule has 7 nitrogen and oxygen atoms in total. The number of nitrogens with zero attached hydrogens (tertiary/aromatic N) is 7. The summed E-state index contributed by atoms with van der Waals surface area (Å²) in [6, 6.07) is 78.1. The number of aromatic nitrogens is 5. The second kappa shape index (κ2) is 15.0. The topological polar surface area (TPSA) is 88.1 Å². The van der Waals surface area contributed by atoms with Crippen LogP contribution in [0.4, 0.5) is 0 Å². The predicted octanol–water partition coefficient (Wildman–Crippen LogP) is 14.5. The van der Waals surface area contributed by atoms with Gasteiger partial charge in [-0.15, -0.1) is 0 Å². The minimum atomic E-state index is 0.570. The van der Waals surface area contributed by atoms with E-state index in [0.29, 0.717) is 17.0 Å². The van der Waals surface area contributed by atoms with Crippen LogP contribution >= 0.6 is 0 Å². The summed E-state index contributed by atoms with van der Waals surface area (Å²) in [5.41, 5.74) is 14.9. The molecule has 0 spiro atoms. The first-order valence-corrected chi connectivity index (χ1v) is 22.2. The van der Waals surface area contributed by atoms with Gasteiger partial charge in [-0.1, -0.05) is 115 Å².